The molecule has 0 bridgehead atoms. The lowest BCUT2D eigenvalue weighted by Crippen LogP contribution is -2.17. The Morgan fingerprint density at radius 1 is 1.59 bits per heavy atom. The number of benzene rings is 1. The fourth-order valence-corrected chi connectivity index (χ4v) is 2.05. The van der Waals surface area contributed by atoms with E-state index in [0.717, 1.165) is 27.5 Å². The van der Waals surface area contributed by atoms with Crippen LogP contribution in [0.1, 0.15) is 23.1 Å². The molecule has 1 aliphatic heterocycles. The quantitative estimate of drug-likeness (QED) is 0.781. The molecular formula is C12H16N2O3. The second-order valence-corrected chi connectivity index (χ2v) is 4.19. The number of carbonyl (C=O) groups is 1. The zero-order chi connectivity index (χ0) is 12.4. The van der Waals surface area contributed by atoms with Crippen molar-refractivity contribution >= 4 is 11.7 Å². The van der Waals surface area contributed by atoms with Crippen LogP contribution in [0, 0.1) is 6.92 Å². The van der Waals surface area contributed by atoms with Crippen molar-refractivity contribution in [2.45, 2.75) is 26.3 Å². The van der Waals surface area contributed by atoms with Gasteiger partial charge in [0, 0.05) is 6.42 Å². The molecule has 0 saturated heterocycles. The number of fused-ring (bicyclic) bond motifs is 1. The molecule has 0 fully saturated rings. The molecular weight excluding hydrogens is 220 g/mol. The van der Waals surface area contributed by atoms with E-state index in [0.29, 0.717) is 19.4 Å². The number of nitrogens with one attached hydrogen (secondary N) is 1. The largest absolute Gasteiger partial charge is 0.469 e. The predicted molar refractivity (Wildman–Crippen MR) is 62.5 cm³/mol. The van der Waals surface area contributed by atoms with Gasteiger partial charge in [0.1, 0.15) is 0 Å². The van der Waals surface area contributed by atoms with Gasteiger partial charge in [0.05, 0.1) is 19.3 Å². The minimum atomic E-state index is -0.204. The summed E-state index contributed by atoms with van der Waals surface area (Å²) in [7, 11) is 1.39. The van der Waals surface area contributed by atoms with Crippen LogP contribution < -0.4 is 5.43 Å². The maximum Gasteiger partial charge on any atom is 0.305 e. The molecule has 1 aromatic carbocycles. The standard InChI is InChI=1S/C12H16N2O3/c1-8-5-9(3-4-11(15)17-2)6-10-7-14(16)13-12(8)10/h5-6,13,16H,3-4,7H2,1-2H3. The van der Waals surface area contributed by atoms with Gasteiger partial charge in [-0.05, 0) is 30.0 Å². The van der Waals surface area contributed by atoms with Gasteiger partial charge < -0.3 is 4.74 Å². The molecule has 1 aliphatic rings. The van der Waals surface area contributed by atoms with Gasteiger partial charge in [0.25, 0.3) is 0 Å². The van der Waals surface area contributed by atoms with Crippen molar-refractivity contribution < 1.29 is 14.7 Å². The van der Waals surface area contributed by atoms with Crippen molar-refractivity contribution in [2.75, 3.05) is 12.5 Å². The average molecular weight is 236 g/mol. The van der Waals surface area contributed by atoms with Gasteiger partial charge in [-0.1, -0.05) is 12.1 Å². The molecule has 5 nitrogen and oxygen atoms in total. The summed E-state index contributed by atoms with van der Waals surface area (Å²) in [5.41, 5.74) is 7.02. The van der Waals surface area contributed by atoms with E-state index in [-0.39, 0.29) is 5.97 Å². The number of anilines is 1. The Morgan fingerprint density at radius 3 is 3.06 bits per heavy atom. The number of hydroxylamine groups is 1. The normalized spacial score (nSPS) is 14.3. The van der Waals surface area contributed by atoms with Gasteiger partial charge in [-0.2, -0.15) is 0 Å². The van der Waals surface area contributed by atoms with Crippen molar-refractivity contribution in [2.24, 2.45) is 0 Å². The Bertz CT molecular complexity index is 446. The third-order valence-corrected chi connectivity index (χ3v) is 2.88. The molecule has 5 heteroatoms. The summed E-state index contributed by atoms with van der Waals surface area (Å²) in [5.74, 6) is -0.204. The third-order valence-electron chi connectivity index (χ3n) is 2.88. The number of hydrogen-bond acceptors (Lipinski definition) is 5. The van der Waals surface area contributed by atoms with Crippen LogP contribution in [0.25, 0.3) is 0 Å². The minimum Gasteiger partial charge on any atom is -0.469 e. The first-order valence-corrected chi connectivity index (χ1v) is 5.52. The number of nitrogens with zero attached hydrogens (tertiary/aromatic N) is 1. The third kappa shape index (κ3) is 2.57. The van der Waals surface area contributed by atoms with Crippen LogP contribution in [0.15, 0.2) is 12.1 Å². The van der Waals surface area contributed by atoms with Crippen LogP contribution in [0.2, 0.25) is 0 Å². The summed E-state index contributed by atoms with van der Waals surface area (Å²) in [6.07, 6.45) is 1.04. The molecule has 0 amide bonds. The van der Waals surface area contributed by atoms with E-state index >= 15 is 0 Å². The van der Waals surface area contributed by atoms with Gasteiger partial charge in [-0.15, -0.1) is 5.17 Å². The van der Waals surface area contributed by atoms with E-state index in [1.165, 1.54) is 7.11 Å². The number of aryl methyl sites for hydroxylation is 2. The predicted octanol–water partition coefficient (Wildman–Crippen LogP) is 1.63. The van der Waals surface area contributed by atoms with E-state index in [4.69, 9.17) is 0 Å². The SMILES string of the molecule is COC(=O)CCc1cc(C)c2c(c1)CN(O)N2. The Morgan fingerprint density at radius 2 is 2.35 bits per heavy atom. The van der Waals surface area contributed by atoms with E-state index in [9.17, 15) is 10.0 Å². The maximum atomic E-state index is 11.1. The van der Waals surface area contributed by atoms with Crippen LogP contribution in [-0.4, -0.2) is 23.5 Å². The number of methoxy groups -OCH3 is 1. The molecule has 92 valence electrons. The van der Waals surface area contributed by atoms with Gasteiger partial charge in [-0.25, -0.2) is 0 Å². The Balaban J connectivity index is 2.13. The zero-order valence-corrected chi connectivity index (χ0v) is 9.99. The van der Waals surface area contributed by atoms with Crippen LogP contribution in [0.4, 0.5) is 5.69 Å². The first kappa shape index (κ1) is 11.9. The second-order valence-electron chi connectivity index (χ2n) is 4.19. The number of hydrazine groups is 1. The van der Waals surface area contributed by atoms with E-state index in [2.05, 4.69) is 10.2 Å². The number of esters is 1. The Hall–Kier alpha value is -1.59. The van der Waals surface area contributed by atoms with Crippen LogP contribution in [-0.2, 0) is 22.5 Å². The molecule has 0 radical (unpaired) electrons. The topological polar surface area (TPSA) is 61.8 Å². The molecule has 17 heavy (non-hydrogen) atoms. The fourth-order valence-electron chi connectivity index (χ4n) is 2.05. The fraction of sp³-hybridized carbons (Fsp3) is 0.417. The summed E-state index contributed by atoms with van der Waals surface area (Å²) in [5, 5.41) is 10.4. The first-order chi connectivity index (χ1) is 8.10. The van der Waals surface area contributed by atoms with Crippen molar-refractivity contribution in [3.8, 4) is 0 Å². The molecule has 0 atom stereocenters. The highest BCUT2D eigenvalue weighted by molar-refractivity contribution is 5.69. The van der Waals surface area contributed by atoms with E-state index in [1.807, 2.05) is 19.1 Å². The molecule has 1 aromatic rings. The summed E-state index contributed by atoms with van der Waals surface area (Å²) >= 11 is 0. The van der Waals surface area contributed by atoms with Crippen LogP contribution in [0.3, 0.4) is 0 Å². The Kier molecular flexibility index (Phi) is 3.31. The minimum absolute atomic E-state index is 0.204. The van der Waals surface area contributed by atoms with Crippen molar-refractivity contribution in [1.29, 1.82) is 0 Å². The zero-order valence-electron chi connectivity index (χ0n) is 9.99. The lowest BCUT2D eigenvalue weighted by Gasteiger charge is -2.08. The summed E-state index contributed by atoms with van der Waals surface area (Å²) in [6.45, 7) is 2.44. The Labute approximate surface area is 99.9 Å². The number of ether oxygens (including phenoxy) is 1. The van der Waals surface area contributed by atoms with Gasteiger partial charge in [-0.3, -0.25) is 15.4 Å². The highest BCUT2D eigenvalue weighted by atomic mass is 16.5. The molecule has 0 saturated carbocycles. The smallest absolute Gasteiger partial charge is 0.305 e. The summed E-state index contributed by atoms with van der Waals surface area (Å²) in [6, 6.07) is 4.03. The van der Waals surface area contributed by atoms with Gasteiger partial charge >= 0.3 is 5.97 Å². The van der Waals surface area contributed by atoms with Crippen molar-refractivity contribution in [3.63, 3.8) is 0 Å². The van der Waals surface area contributed by atoms with Crippen molar-refractivity contribution in [1.82, 2.24) is 5.17 Å². The van der Waals surface area contributed by atoms with Gasteiger partial charge in [0.2, 0.25) is 0 Å². The molecule has 0 unspecified atom stereocenters. The number of carbonyl (C=O) groups excluding carboxylic acids is 1. The molecule has 0 aromatic heterocycles. The van der Waals surface area contributed by atoms with Crippen molar-refractivity contribution in [3.05, 3.63) is 28.8 Å². The van der Waals surface area contributed by atoms with E-state index < -0.39 is 0 Å². The summed E-state index contributed by atoms with van der Waals surface area (Å²) in [4.78, 5) is 11.1. The van der Waals surface area contributed by atoms with Gasteiger partial charge in [0.15, 0.2) is 0 Å². The molecule has 0 spiro atoms. The first-order valence-electron chi connectivity index (χ1n) is 5.52. The molecule has 2 N–H and O–H groups in total. The maximum absolute atomic E-state index is 11.1. The molecule has 0 aliphatic carbocycles. The highest BCUT2D eigenvalue weighted by Gasteiger charge is 2.19. The lowest BCUT2D eigenvalue weighted by molar-refractivity contribution is -0.140. The van der Waals surface area contributed by atoms with Crippen LogP contribution >= 0.6 is 0 Å². The molecule has 2 rings (SSSR count). The monoisotopic (exact) mass is 236 g/mol. The lowest BCUT2D eigenvalue weighted by atomic mass is 10.0. The number of hydrogen-bond donors (Lipinski definition) is 2. The highest BCUT2D eigenvalue weighted by Crippen LogP contribution is 2.29. The second kappa shape index (κ2) is 4.73. The summed E-state index contributed by atoms with van der Waals surface area (Å²) < 4.78 is 4.61. The number of rotatable bonds is 3. The van der Waals surface area contributed by atoms with E-state index in [1.54, 1.807) is 0 Å². The molecule has 1 heterocycles. The average Bonchev–Trinajstić information content (AvgIpc) is 2.67. The van der Waals surface area contributed by atoms with Crippen LogP contribution in [0.5, 0.6) is 0 Å².